The van der Waals surface area contributed by atoms with Crippen LogP contribution in [-0.2, 0) is 0 Å². The molecular weight excluding hydrogens is 277 g/mol. The molecule has 1 aromatic carbocycles. The summed E-state index contributed by atoms with van der Waals surface area (Å²) in [6, 6.07) is 1.81. The van der Waals surface area contributed by atoms with E-state index in [9.17, 15) is 18.0 Å². The van der Waals surface area contributed by atoms with E-state index in [4.69, 9.17) is 0 Å². The van der Waals surface area contributed by atoms with E-state index in [2.05, 4.69) is 6.92 Å². The van der Waals surface area contributed by atoms with E-state index < -0.39 is 23.2 Å². The Bertz CT molecular complexity index is 458. The van der Waals surface area contributed by atoms with Crippen LogP contribution in [-0.4, -0.2) is 5.78 Å². The highest BCUT2D eigenvalue weighted by Gasteiger charge is 2.18. The van der Waals surface area contributed by atoms with E-state index in [0.717, 1.165) is 31.4 Å². The van der Waals surface area contributed by atoms with Crippen molar-refractivity contribution in [2.75, 3.05) is 0 Å². The van der Waals surface area contributed by atoms with Crippen LogP contribution < -0.4 is 0 Å². The van der Waals surface area contributed by atoms with Crippen molar-refractivity contribution in [3.63, 3.8) is 0 Å². The molecule has 1 aromatic rings. The van der Waals surface area contributed by atoms with Crippen LogP contribution in [0.25, 0.3) is 0 Å². The van der Waals surface area contributed by atoms with Gasteiger partial charge in [0.25, 0.3) is 0 Å². The number of unbranched alkanes of at least 4 members (excludes halogenated alkanes) is 7. The first-order valence-corrected chi connectivity index (χ1v) is 7.74. The molecular formula is C17H23F3O. The largest absolute Gasteiger partial charge is 0.294 e. The van der Waals surface area contributed by atoms with Crippen molar-refractivity contribution in [1.82, 2.24) is 0 Å². The number of carbonyl (C=O) groups excluding carboxylic acids is 1. The van der Waals surface area contributed by atoms with Crippen LogP contribution in [0.2, 0.25) is 0 Å². The van der Waals surface area contributed by atoms with Gasteiger partial charge in [0, 0.05) is 6.42 Å². The zero-order chi connectivity index (χ0) is 15.7. The van der Waals surface area contributed by atoms with Gasteiger partial charge in [-0.05, 0) is 18.6 Å². The van der Waals surface area contributed by atoms with E-state index in [1.54, 1.807) is 0 Å². The number of hydrogen-bond donors (Lipinski definition) is 0. The molecule has 0 spiro atoms. The van der Waals surface area contributed by atoms with Crippen LogP contribution in [0.4, 0.5) is 13.2 Å². The number of hydrogen-bond acceptors (Lipinski definition) is 1. The third kappa shape index (κ3) is 5.90. The summed E-state index contributed by atoms with van der Waals surface area (Å²) in [4.78, 5) is 11.8. The van der Waals surface area contributed by atoms with E-state index in [1.165, 1.54) is 25.7 Å². The summed E-state index contributed by atoms with van der Waals surface area (Å²) in [5.41, 5.74) is -0.350. The van der Waals surface area contributed by atoms with Gasteiger partial charge in [-0.25, -0.2) is 13.2 Å². The molecule has 0 saturated carbocycles. The molecule has 0 unspecified atom stereocenters. The Morgan fingerprint density at radius 2 is 1.43 bits per heavy atom. The van der Waals surface area contributed by atoms with Crippen molar-refractivity contribution < 1.29 is 18.0 Å². The van der Waals surface area contributed by atoms with Gasteiger partial charge < -0.3 is 0 Å². The monoisotopic (exact) mass is 300 g/mol. The second-order valence-electron chi connectivity index (χ2n) is 5.37. The Morgan fingerprint density at radius 3 is 2.05 bits per heavy atom. The Hall–Kier alpha value is -1.32. The molecule has 118 valence electrons. The molecule has 1 rings (SSSR count). The maximum absolute atomic E-state index is 13.4. The molecule has 0 aromatic heterocycles. The lowest BCUT2D eigenvalue weighted by Crippen LogP contribution is -2.05. The first-order valence-electron chi connectivity index (χ1n) is 7.74. The first-order chi connectivity index (χ1) is 10.1. The number of rotatable bonds is 10. The zero-order valence-electron chi connectivity index (χ0n) is 12.6. The third-order valence-electron chi connectivity index (χ3n) is 3.59. The summed E-state index contributed by atoms with van der Waals surface area (Å²) in [6.07, 6.45) is 8.87. The van der Waals surface area contributed by atoms with Crippen molar-refractivity contribution in [2.24, 2.45) is 0 Å². The Labute approximate surface area is 124 Å². The van der Waals surface area contributed by atoms with Crippen molar-refractivity contribution in [3.05, 3.63) is 35.1 Å². The smallest absolute Gasteiger partial charge is 0.195 e. The molecule has 1 nitrogen and oxygen atoms in total. The van der Waals surface area contributed by atoms with Crippen molar-refractivity contribution in [3.8, 4) is 0 Å². The topological polar surface area (TPSA) is 17.1 Å². The summed E-state index contributed by atoms with van der Waals surface area (Å²) >= 11 is 0. The summed E-state index contributed by atoms with van der Waals surface area (Å²) < 4.78 is 39.2. The van der Waals surface area contributed by atoms with Crippen LogP contribution in [0.1, 0.15) is 75.1 Å². The van der Waals surface area contributed by atoms with Crippen LogP contribution in [0, 0.1) is 17.5 Å². The first kappa shape index (κ1) is 17.7. The number of ketones is 1. The summed E-state index contributed by atoms with van der Waals surface area (Å²) in [7, 11) is 0. The van der Waals surface area contributed by atoms with Gasteiger partial charge in [-0.3, -0.25) is 4.79 Å². The van der Waals surface area contributed by atoms with Gasteiger partial charge in [-0.1, -0.05) is 51.9 Å². The minimum Gasteiger partial charge on any atom is -0.294 e. The van der Waals surface area contributed by atoms with E-state index >= 15 is 0 Å². The summed E-state index contributed by atoms with van der Waals surface area (Å²) in [5.74, 6) is -4.68. The Balaban J connectivity index is 2.27. The quantitative estimate of drug-likeness (QED) is 0.302. The lowest BCUT2D eigenvalue weighted by molar-refractivity contribution is 0.0974. The highest BCUT2D eigenvalue weighted by Crippen LogP contribution is 2.18. The molecule has 0 radical (unpaired) electrons. The SMILES string of the molecule is CCCCCCCCCCC(=O)c1ccc(F)c(F)c1F. The third-order valence-corrected chi connectivity index (χ3v) is 3.59. The molecule has 0 atom stereocenters. The molecule has 0 heterocycles. The summed E-state index contributed by atoms with van der Waals surface area (Å²) in [6.45, 7) is 2.17. The van der Waals surface area contributed by atoms with Crippen molar-refractivity contribution in [2.45, 2.75) is 64.7 Å². The molecule has 0 amide bonds. The Morgan fingerprint density at radius 1 is 0.857 bits per heavy atom. The number of Topliss-reactive ketones (excluding diaryl/α,β-unsaturated/α-hetero) is 1. The fourth-order valence-corrected chi connectivity index (χ4v) is 2.30. The molecule has 4 heteroatoms. The van der Waals surface area contributed by atoms with Gasteiger partial charge in [0.15, 0.2) is 23.2 Å². The molecule has 0 fully saturated rings. The Kier molecular flexibility index (Phi) is 8.09. The molecule has 0 bridgehead atoms. The lowest BCUT2D eigenvalue weighted by Gasteiger charge is -2.04. The molecule has 0 aliphatic heterocycles. The van der Waals surface area contributed by atoms with Gasteiger partial charge >= 0.3 is 0 Å². The molecule has 0 saturated heterocycles. The molecule has 0 N–H and O–H groups in total. The van der Waals surface area contributed by atoms with E-state index in [-0.39, 0.29) is 12.0 Å². The highest BCUT2D eigenvalue weighted by atomic mass is 19.2. The summed E-state index contributed by atoms with van der Waals surface area (Å²) in [5, 5.41) is 0. The standard InChI is InChI=1S/C17H23F3O/c1-2-3-4-5-6-7-8-9-10-15(21)13-11-12-14(18)17(20)16(13)19/h11-12H,2-10H2,1H3. The average Bonchev–Trinajstić information content (AvgIpc) is 2.47. The van der Waals surface area contributed by atoms with Gasteiger partial charge in [0.05, 0.1) is 5.56 Å². The number of halogens is 3. The minimum absolute atomic E-state index is 0.178. The van der Waals surface area contributed by atoms with Crippen LogP contribution in [0.5, 0.6) is 0 Å². The van der Waals surface area contributed by atoms with E-state index in [0.29, 0.717) is 6.42 Å². The molecule has 0 aliphatic rings. The number of benzene rings is 1. The predicted molar refractivity (Wildman–Crippen MR) is 77.9 cm³/mol. The van der Waals surface area contributed by atoms with Crippen LogP contribution in [0.3, 0.4) is 0 Å². The maximum atomic E-state index is 13.4. The zero-order valence-corrected chi connectivity index (χ0v) is 12.6. The van der Waals surface area contributed by atoms with Gasteiger partial charge in [0.1, 0.15) is 0 Å². The fourth-order valence-electron chi connectivity index (χ4n) is 2.30. The highest BCUT2D eigenvalue weighted by molar-refractivity contribution is 5.96. The van der Waals surface area contributed by atoms with Crippen LogP contribution in [0.15, 0.2) is 12.1 Å². The second-order valence-corrected chi connectivity index (χ2v) is 5.37. The fraction of sp³-hybridized carbons (Fsp3) is 0.588. The lowest BCUT2D eigenvalue weighted by atomic mass is 10.0. The van der Waals surface area contributed by atoms with E-state index in [1.807, 2.05) is 0 Å². The van der Waals surface area contributed by atoms with Crippen LogP contribution >= 0.6 is 0 Å². The molecule has 0 aliphatic carbocycles. The van der Waals surface area contributed by atoms with Gasteiger partial charge in [-0.2, -0.15) is 0 Å². The number of carbonyl (C=O) groups is 1. The van der Waals surface area contributed by atoms with Crippen molar-refractivity contribution in [1.29, 1.82) is 0 Å². The average molecular weight is 300 g/mol. The van der Waals surface area contributed by atoms with Gasteiger partial charge in [-0.15, -0.1) is 0 Å². The molecule has 21 heavy (non-hydrogen) atoms. The van der Waals surface area contributed by atoms with Crippen molar-refractivity contribution >= 4 is 5.78 Å². The predicted octanol–water partition coefficient (Wildman–Crippen LogP) is 5.82. The minimum atomic E-state index is -1.57. The second kappa shape index (κ2) is 9.59. The normalized spacial score (nSPS) is 10.9. The van der Waals surface area contributed by atoms with Gasteiger partial charge in [0.2, 0.25) is 0 Å². The maximum Gasteiger partial charge on any atom is 0.195 e.